The highest BCUT2D eigenvalue weighted by Gasteiger charge is 2.23. The number of thioether (sulfide) groups is 1. The normalized spacial score (nSPS) is 36.5. The molecule has 114 valence electrons. The largest absolute Gasteiger partial charge is 0.145 e. The Morgan fingerprint density at radius 2 is 1.95 bits per heavy atom. The first-order valence-corrected chi connectivity index (χ1v) is 10.9. The van der Waals surface area contributed by atoms with Gasteiger partial charge in [0.05, 0.1) is 3.26 Å². The van der Waals surface area contributed by atoms with Crippen LogP contribution in [0.1, 0.15) is 78.6 Å². The second kappa shape index (κ2) is 9.55. The van der Waals surface area contributed by atoms with Gasteiger partial charge in [-0.05, 0) is 45.4 Å². The summed E-state index contributed by atoms with van der Waals surface area (Å²) >= 11 is 8.74. The Morgan fingerprint density at radius 3 is 2.58 bits per heavy atom. The maximum absolute atomic E-state index is 3.96. The van der Waals surface area contributed by atoms with Gasteiger partial charge in [0, 0.05) is 9.57 Å². The molecule has 0 aromatic heterocycles. The van der Waals surface area contributed by atoms with Crippen LogP contribution in [-0.4, -0.2) is 12.8 Å². The molecule has 0 saturated heterocycles. The van der Waals surface area contributed by atoms with Crippen LogP contribution < -0.4 is 0 Å². The molecule has 0 aromatic carbocycles. The molecule has 0 N–H and O–H groups in total. The minimum atomic E-state index is 0.393. The molecule has 1 rings (SSSR count). The van der Waals surface area contributed by atoms with Crippen LogP contribution in [0.25, 0.3) is 0 Å². The zero-order valence-electron chi connectivity index (χ0n) is 12.8. The van der Waals surface area contributed by atoms with E-state index in [2.05, 4.69) is 71.1 Å². The van der Waals surface area contributed by atoms with Crippen molar-refractivity contribution < 1.29 is 0 Å². The summed E-state index contributed by atoms with van der Waals surface area (Å²) in [4.78, 5) is 0. The number of hydrogen-bond donors (Lipinski definition) is 0. The highest BCUT2D eigenvalue weighted by molar-refractivity contribution is 14.1. The van der Waals surface area contributed by atoms with Crippen LogP contribution in [0, 0.1) is 5.92 Å². The van der Waals surface area contributed by atoms with Crippen molar-refractivity contribution in [3.63, 3.8) is 0 Å². The molecule has 0 bridgehead atoms. The Kier molecular flexibility index (Phi) is 9.35. The zero-order valence-corrected chi connectivity index (χ0v) is 17.3. The minimum Gasteiger partial charge on any atom is -0.145 e. The Balaban J connectivity index is 2.59. The predicted molar refractivity (Wildman–Crippen MR) is 103 cm³/mol. The van der Waals surface area contributed by atoms with Crippen molar-refractivity contribution in [3.05, 3.63) is 0 Å². The lowest BCUT2D eigenvalue weighted by Crippen LogP contribution is -2.16. The average Bonchev–Trinajstić information content (AvgIpc) is 2.33. The number of hydrogen-bond acceptors (Lipinski definition) is 1. The van der Waals surface area contributed by atoms with E-state index >= 15 is 0 Å². The topological polar surface area (TPSA) is 0 Å². The van der Waals surface area contributed by atoms with E-state index in [9.17, 15) is 0 Å². The van der Waals surface area contributed by atoms with Gasteiger partial charge >= 0.3 is 0 Å². The third kappa shape index (κ3) is 8.55. The van der Waals surface area contributed by atoms with Gasteiger partial charge in [0.25, 0.3) is 0 Å². The Morgan fingerprint density at radius 1 is 1.26 bits per heavy atom. The van der Waals surface area contributed by atoms with Crippen LogP contribution in [0.4, 0.5) is 0 Å². The second-order valence-corrected chi connectivity index (χ2v) is 12.6. The van der Waals surface area contributed by atoms with Gasteiger partial charge in [-0.3, -0.25) is 0 Å². The molecule has 0 amide bonds. The zero-order chi connectivity index (χ0) is 14.3. The molecule has 0 radical (unpaired) electrons. The minimum absolute atomic E-state index is 0.393. The summed E-state index contributed by atoms with van der Waals surface area (Å²) in [7, 11) is 0. The van der Waals surface area contributed by atoms with Crippen LogP contribution in [0.3, 0.4) is 0 Å². The summed E-state index contributed by atoms with van der Waals surface area (Å²) < 4.78 is 1.14. The molecule has 1 fully saturated rings. The van der Waals surface area contributed by atoms with Crippen molar-refractivity contribution in [2.45, 2.75) is 91.4 Å². The molecular formula is C16H30BrIS. The molecule has 0 aromatic rings. The first-order chi connectivity index (χ1) is 8.93. The van der Waals surface area contributed by atoms with E-state index in [4.69, 9.17) is 0 Å². The predicted octanol–water partition coefficient (Wildman–Crippen LogP) is 7.18. The van der Waals surface area contributed by atoms with Crippen LogP contribution in [0.5, 0.6) is 0 Å². The van der Waals surface area contributed by atoms with E-state index in [1.54, 1.807) is 0 Å². The van der Waals surface area contributed by atoms with Crippen LogP contribution in [0.2, 0.25) is 0 Å². The lowest BCUT2D eigenvalue weighted by molar-refractivity contribution is 0.407. The summed E-state index contributed by atoms with van der Waals surface area (Å²) in [5.74, 6) is 0.965. The van der Waals surface area contributed by atoms with E-state index in [1.807, 2.05) is 0 Å². The monoisotopic (exact) mass is 460 g/mol. The number of halogens is 2. The highest BCUT2D eigenvalue weighted by atomic mass is 127. The Hall–Kier alpha value is 1.56. The van der Waals surface area contributed by atoms with Gasteiger partial charge in [-0.2, -0.15) is 0 Å². The molecule has 4 unspecified atom stereocenters. The molecule has 0 spiro atoms. The van der Waals surface area contributed by atoms with Crippen molar-refractivity contribution >= 4 is 50.3 Å². The fourth-order valence-electron chi connectivity index (χ4n) is 3.12. The van der Waals surface area contributed by atoms with Gasteiger partial charge in [-0.1, -0.05) is 77.5 Å². The molecule has 1 aliphatic rings. The molecule has 0 heterocycles. The molecule has 0 aliphatic heterocycles. The Labute approximate surface area is 146 Å². The fourth-order valence-corrected chi connectivity index (χ4v) is 6.14. The van der Waals surface area contributed by atoms with Crippen molar-refractivity contribution in [2.24, 2.45) is 5.92 Å². The van der Waals surface area contributed by atoms with Gasteiger partial charge in [-0.25, -0.2) is 0 Å². The van der Waals surface area contributed by atoms with Gasteiger partial charge in [0.15, 0.2) is 0 Å². The number of alkyl halides is 2. The summed E-state index contributed by atoms with van der Waals surface area (Å²) in [6.07, 6.45) is 12.6. The summed E-state index contributed by atoms with van der Waals surface area (Å²) in [5.41, 5.74) is 0. The van der Waals surface area contributed by atoms with Gasteiger partial charge in [0.2, 0.25) is 0 Å². The molecular weight excluding hydrogens is 431 g/mol. The molecule has 3 heteroatoms. The van der Waals surface area contributed by atoms with Crippen LogP contribution >= 0.6 is 50.3 Å². The first-order valence-electron chi connectivity index (χ1n) is 7.91. The van der Waals surface area contributed by atoms with E-state index in [0.29, 0.717) is 4.32 Å². The second-order valence-electron chi connectivity index (χ2n) is 6.36. The molecule has 19 heavy (non-hydrogen) atoms. The lowest BCUT2D eigenvalue weighted by atomic mass is 9.93. The van der Waals surface area contributed by atoms with Crippen molar-refractivity contribution in [1.29, 1.82) is 0 Å². The number of rotatable bonds is 3. The SMILES string of the molecule is CCC1CCCCC(C)(Br)CCCC(SC(C)I)C1. The first kappa shape index (κ1) is 18.6. The maximum Gasteiger partial charge on any atom is 0.0539 e. The van der Waals surface area contributed by atoms with Crippen molar-refractivity contribution in [2.75, 3.05) is 0 Å². The van der Waals surface area contributed by atoms with E-state index < -0.39 is 0 Å². The maximum atomic E-state index is 3.96. The smallest absolute Gasteiger partial charge is 0.0539 e. The average molecular weight is 461 g/mol. The molecule has 0 nitrogen and oxygen atoms in total. The van der Waals surface area contributed by atoms with E-state index in [0.717, 1.165) is 14.4 Å². The van der Waals surface area contributed by atoms with Crippen LogP contribution in [0.15, 0.2) is 0 Å². The van der Waals surface area contributed by atoms with Crippen molar-refractivity contribution in [1.82, 2.24) is 0 Å². The third-order valence-corrected chi connectivity index (χ3v) is 7.20. The quantitative estimate of drug-likeness (QED) is 0.317. The molecule has 4 atom stereocenters. The molecule has 1 saturated carbocycles. The van der Waals surface area contributed by atoms with E-state index in [-0.39, 0.29) is 0 Å². The lowest BCUT2D eigenvalue weighted by Gasteiger charge is -2.24. The summed E-state index contributed by atoms with van der Waals surface area (Å²) in [5, 5.41) is 0.887. The van der Waals surface area contributed by atoms with Crippen molar-refractivity contribution in [3.8, 4) is 0 Å². The molecule has 1 aliphatic carbocycles. The van der Waals surface area contributed by atoms with Gasteiger partial charge < -0.3 is 0 Å². The van der Waals surface area contributed by atoms with Crippen LogP contribution in [-0.2, 0) is 0 Å². The van der Waals surface area contributed by atoms with E-state index in [1.165, 1.54) is 57.8 Å². The fraction of sp³-hybridized carbons (Fsp3) is 1.00. The summed E-state index contributed by atoms with van der Waals surface area (Å²) in [6.45, 7) is 7.12. The van der Waals surface area contributed by atoms with Gasteiger partial charge in [0.1, 0.15) is 0 Å². The summed E-state index contributed by atoms with van der Waals surface area (Å²) in [6, 6.07) is 0. The highest BCUT2D eigenvalue weighted by Crippen LogP contribution is 2.37. The van der Waals surface area contributed by atoms with Gasteiger partial charge in [-0.15, -0.1) is 11.8 Å². The standard InChI is InChI=1S/C16H30BrIS/c1-4-14-8-5-6-10-16(3,17)11-7-9-15(12-14)19-13(2)18/h13-15H,4-12H2,1-3H3. The Bertz CT molecular complexity index is 243. The third-order valence-electron chi connectivity index (χ3n) is 4.34.